The monoisotopic (exact) mass is 293 g/mol. The Kier molecular flexibility index (Phi) is 3.49. The molecule has 0 spiro atoms. The standard InChI is InChI=1S/C17H27NO3/c19-16(20)15-11-21-4-3-18(15)2-1-17-8-12-5-13(9-17)7-14(6-12)10-17/h12-15H,1-11H2,(H,19,20). The summed E-state index contributed by atoms with van der Waals surface area (Å²) in [5, 5.41) is 9.35. The molecule has 4 nitrogen and oxygen atoms in total. The number of hydrogen-bond donors (Lipinski definition) is 1. The lowest BCUT2D eigenvalue weighted by molar-refractivity contribution is -0.150. The summed E-state index contributed by atoms with van der Waals surface area (Å²) >= 11 is 0. The van der Waals surface area contributed by atoms with Crippen molar-refractivity contribution in [3.8, 4) is 0 Å². The van der Waals surface area contributed by atoms with Crippen molar-refractivity contribution in [3.05, 3.63) is 0 Å². The third-order valence-corrected chi connectivity index (χ3v) is 6.62. The van der Waals surface area contributed by atoms with Crippen LogP contribution in [-0.4, -0.2) is 48.3 Å². The summed E-state index contributed by atoms with van der Waals surface area (Å²) in [4.78, 5) is 13.5. The van der Waals surface area contributed by atoms with Gasteiger partial charge >= 0.3 is 5.97 Å². The van der Waals surface area contributed by atoms with Gasteiger partial charge in [-0.25, -0.2) is 0 Å². The number of aliphatic carboxylic acids is 1. The molecule has 1 atom stereocenters. The number of rotatable bonds is 4. The van der Waals surface area contributed by atoms with Crippen LogP contribution in [0.15, 0.2) is 0 Å². The predicted octanol–water partition coefficient (Wildman–Crippen LogP) is 2.38. The normalized spacial score (nSPS) is 45.9. The first-order valence-corrected chi connectivity index (χ1v) is 8.68. The van der Waals surface area contributed by atoms with Crippen LogP contribution < -0.4 is 0 Å². The highest BCUT2D eigenvalue weighted by Crippen LogP contribution is 2.61. The van der Waals surface area contributed by atoms with Crippen LogP contribution in [0.5, 0.6) is 0 Å². The van der Waals surface area contributed by atoms with Crippen LogP contribution in [-0.2, 0) is 9.53 Å². The topological polar surface area (TPSA) is 49.8 Å². The first-order chi connectivity index (χ1) is 10.1. The molecule has 0 aromatic rings. The zero-order valence-corrected chi connectivity index (χ0v) is 12.8. The summed E-state index contributed by atoms with van der Waals surface area (Å²) < 4.78 is 5.35. The second kappa shape index (κ2) is 5.24. The SMILES string of the molecule is O=C(O)C1COCCN1CCC12CC3CC(CC(C3)C1)C2. The summed E-state index contributed by atoms with van der Waals surface area (Å²) in [5.74, 6) is 2.23. The Morgan fingerprint density at radius 1 is 1.14 bits per heavy atom. The molecule has 5 fully saturated rings. The van der Waals surface area contributed by atoms with Gasteiger partial charge in [0, 0.05) is 6.54 Å². The van der Waals surface area contributed by atoms with E-state index in [1.165, 1.54) is 44.9 Å². The third-order valence-electron chi connectivity index (χ3n) is 6.62. The van der Waals surface area contributed by atoms with E-state index in [2.05, 4.69) is 4.90 Å². The fraction of sp³-hybridized carbons (Fsp3) is 0.941. The molecular formula is C17H27NO3. The largest absolute Gasteiger partial charge is 0.480 e. The average Bonchev–Trinajstić information content (AvgIpc) is 2.44. The van der Waals surface area contributed by atoms with E-state index < -0.39 is 12.0 Å². The molecule has 0 amide bonds. The van der Waals surface area contributed by atoms with E-state index in [0.717, 1.165) is 30.8 Å². The third kappa shape index (κ3) is 2.61. The summed E-state index contributed by atoms with van der Waals surface area (Å²) in [6.45, 7) is 2.77. The molecule has 1 N–H and O–H groups in total. The van der Waals surface area contributed by atoms with Crippen LogP contribution in [0.1, 0.15) is 44.9 Å². The van der Waals surface area contributed by atoms with Gasteiger partial charge in [-0.1, -0.05) is 0 Å². The van der Waals surface area contributed by atoms with Crippen LogP contribution in [0, 0.1) is 23.2 Å². The zero-order valence-electron chi connectivity index (χ0n) is 12.8. The number of nitrogens with zero attached hydrogens (tertiary/aromatic N) is 1. The number of morpholine rings is 1. The summed E-state index contributed by atoms with van der Waals surface area (Å²) in [5.41, 5.74) is 0.552. The van der Waals surface area contributed by atoms with Crippen LogP contribution in [0.3, 0.4) is 0 Å². The highest BCUT2D eigenvalue weighted by atomic mass is 16.5. The Labute approximate surface area is 126 Å². The van der Waals surface area contributed by atoms with Gasteiger partial charge < -0.3 is 9.84 Å². The van der Waals surface area contributed by atoms with E-state index in [4.69, 9.17) is 4.74 Å². The van der Waals surface area contributed by atoms with Crippen LogP contribution >= 0.6 is 0 Å². The lowest BCUT2D eigenvalue weighted by Crippen LogP contribution is -2.52. The Morgan fingerprint density at radius 3 is 2.33 bits per heavy atom. The van der Waals surface area contributed by atoms with E-state index in [1.54, 1.807) is 0 Å². The fourth-order valence-corrected chi connectivity index (χ4v) is 6.11. The summed E-state index contributed by atoms with van der Waals surface area (Å²) in [6.07, 6.45) is 9.90. The second-order valence-corrected chi connectivity index (χ2v) is 8.13. The highest BCUT2D eigenvalue weighted by Gasteiger charge is 2.50. The molecule has 5 rings (SSSR count). The van der Waals surface area contributed by atoms with Gasteiger partial charge in [-0.15, -0.1) is 0 Å². The molecule has 4 aliphatic carbocycles. The van der Waals surface area contributed by atoms with E-state index >= 15 is 0 Å². The van der Waals surface area contributed by atoms with E-state index in [1.807, 2.05) is 0 Å². The quantitative estimate of drug-likeness (QED) is 0.864. The predicted molar refractivity (Wildman–Crippen MR) is 79.0 cm³/mol. The molecule has 1 aliphatic heterocycles. The fourth-order valence-electron chi connectivity index (χ4n) is 6.11. The molecule has 0 radical (unpaired) electrons. The number of hydrogen-bond acceptors (Lipinski definition) is 3. The molecule has 4 heteroatoms. The minimum absolute atomic E-state index is 0.357. The van der Waals surface area contributed by atoms with Gasteiger partial charge in [0.2, 0.25) is 0 Å². The second-order valence-electron chi connectivity index (χ2n) is 8.13. The molecular weight excluding hydrogens is 266 g/mol. The van der Waals surface area contributed by atoms with Crippen molar-refractivity contribution in [2.45, 2.75) is 51.0 Å². The number of carbonyl (C=O) groups is 1. The smallest absolute Gasteiger partial charge is 0.323 e. The molecule has 0 aromatic carbocycles. The molecule has 4 saturated carbocycles. The minimum Gasteiger partial charge on any atom is -0.480 e. The van der Waals surface area contributed by atoms with Gasteiger partial charge in [0.05, 0.1) is 13.2 Å². The van der Waals surface area contributed by atoms with Gasteiger partial charge in [0.1, 0.15) is 6.04 Å². The maximum atomic E-state index is 11.4. The van der Waals surface area contributed by atoms with Gasteiger partial charge in [-0.3, -0.25) is 9.69 Å². The van der Waals surface area contributed by atoms with E-state index in [0.29, 0.717) is 18.6 Å². The lowest BCUT2D eigenvalue weighted by atomic mass is 9.49. The molecule has 21 heavy (non-hydrogen) atoms. The van der Waals surface area contributed by atoms with Gasteiger partial charge in [0.25, 0.3) is 0 Å². The molecule has 1 saturated heterocycles. The van der Waals surface area contributed by atoms with Crippen LogP contribution in [0.25, 0.3) is 0 Å². The Morgan fingerprint density at radius 2 is 1.76 bits per heavy atom. The minimum atomic E-state index is -0.722. The molecule has 1 unspecified atom stereocenters. The molecule has 1 heterocycles. The van der Waals surface area contributed by atoms with Crippen molar-refractivity contribution < 1.29 is 14.6 Å². The number of ether oxygens (including phenoxy) is 1. The first-order valence-electron chi connectivity index (χ1n) is 8.68. The Hall–Kier alpha value is -0.610. The van der Waals surface area contributed by atoms with Crippen molar-refractivity contribution in [2.24, 2.45) is 23.2 Å². The molecule has 5 aliphatic rings. The van der Waals surface area contributed by atoms with Crippen molar-refractivity contribution in [1.82, 2.24) is 4.90 Å². The Bertz CT molecular complexity index is 387. The average molecular weight is 293 g/mol. The highest BCUT2D eigenvalue weighted by molar-refractivity contribution is 5.73. The molecule has 118 valence electrons. The van der Waals surface area contributed by atoms with Gasteiger partial charge in [0.15, 0.2) is 0 Å². The zero-order chi connectivity index (χ0) is 14.4. The maximum Gasteiger partial charge on any atom is 0.323 e. The van der Waals surface area contributed by atoms with Crippen molar-refractivity contribution in [3.63, 3.8) is 0 Å². The van der Waals surface area contributed by atoms with Crippen LogP contribution in [0.4, 0.5) is 0 Å². The lowest BCUT2D eigenvalue weighted by Gasteiger charge is -2.57. The molecule has 4 bridgehead atoms. The van der Waals surface area contributed by atoms with Crippen molar-refractivity contribution >= 4 is 5.97 Å². The van der Waals surface area contributed by atoms with Gasteiger partial charge in [-0.2, -0.15) is 0 Å². The first kappa shape index (κ1) is 14.0. The van der Waals surface area contributed by atoms with E-state index in [-0.39, 0.29) is 0 Å². The van der Waals surface area contributed by atoms with Crippen LogP contribution in [0.2, 0.25) is 0 Å². The number of carboxylic acid groups (broad SMARTS) is 1. The Balaban J connectivity index is 1.41. The summed E-state index contributed by atoms with van der Waals surface area (Å²) in [7, 11) is 0. The van der Waals surface area contributed by atoms with E-state index in [9.17, 15) is 9.90 Å². The number of carboxylic acids is 1. The van der Waals surface area contributed by atoms with Crippen molar-refractivity contribution in [2.75, 3.05) is 26.3 Å². The maximum absolute atomic E-state index is 11.4. The van der Waals surface area contributed by atoms with Crippen molar-refractivity contribution in [1.29, 1.82) is 0 Å². The molecule has 0 aromatic heterocycles. The van der Waals surface area contributed by atoms with Gasteiger partial charge in [-0.05, 0) is 74.7 Å². The summed E-state index contributed by atoms with van der Waals surface area (Å²) in [6, 6.07) is -0.423.